The zero-order chi connectivity index (χ0) is 23.2. The number of pyridine rings is 1. The van der Waals surface area contributed by atoms with Crippen molar-refractivity contribution in [2.24, 2.45) is 0 Å². The smallest absolute Gasteiger partial charge is 0.268 e. The van der Waals surface area contributed by atoms with E-state index in [0.29, 0.717) is 10.6 Å². The molecule has 1 aliphatic heterocycles. The molecule has 1 atom stereocenters. The highest BCUT2D eigenvalue weighted by molar-refractivity contribution is 7.92. The molecular weight excluding hydrogens is 446 g/mol. The molecule has 6 nitrogen and oxygen atoms in total. The third kappa shape index (κ3) is 3.88. The van der Waals surface area contributed by atoms with Gasteiger partial charge < -0.3 is 4.55 Å². The van der Waals surface area contributed by atoms with Gasteiger partial charge in [-0.1, -0.05) is 44.5 Å². The SMILES string of the molecule is Cc1ccncc1N1C(=O)c2c(Cl)ccc(N[S@@+]([O-])c3ccc(C(C)(C)C)cc3)c2C1=O. The molecule has 1 aliphatic rings. The van der Waals surface area contributed by atoms with Crippen molar-refractivity contribution in [3.8, 4) is 0 Å². The first-order valence-electron chi connectivity index (χ1n) is 10.0. The van der Waals surface area contributed by atoms with Crippen molar-refractivity contribution in [3.05, 3.63) is 82.1 Å². The number of nitrogens with one attached hydrogen (secondary N) is 1. The number of aromatic nitrogens is 1. The molecule has 2 heterocycles. The van der Waals surface area contributed by atoms with Crippen molar-refractivity contribution >= 4 is 46.2 Å². The van der Waals surface area contributed by atoms with Gasteiger partial charge >= 0.3 is 0 Å². The number of imide groups is 1. The van der Waals surface area contributed by atoms with Crippen molar-refractivity contribution in [2.45, 2.75) is 38.0 Å². The first-order valence-corrected chi connectivity index (χ1v) is 11.5. The van der Waals surface area contributed by atoms with Gasteiger partial charge in [0.15, 0.2) is 4.90 Å². The maximum Gasteiger partial charge on any atom is 0.268 e. The molecule has 164 valence electrons. The lowest BCUT2D eigenvalue weighted by Crippen LogP contribution is -2.30. The van der Waals surface area contributed by atoms with Crippen LogP contribution in [0.2, 0.25) is 5.02 Å². The van der Waals surface area contributed by atoms with E-state index in [4.69, 9.17) is 11.6 Å². The van der Waals surface area contributed by atoms with Crippen molar-refractivity contribution in [1.29, 1.82) is 0 Å². The fourth-order valence-electron chi connectivity index (χ4n) is 3.56. The highest BCUT2D eigenvalue weighted by Gasteiger charge is 2.41. The number of carbonyl (C=O) groups is 2. The molecule has 0 unspecified atom stereocenters. The molecule has 8 heteroatoms. The van der Waals surface area contributed by atoms with Gasteiger partial charge in [-0.2, -0.15) is 0 Å². The molecule has 0 fully saturated rings. The van der Waals surface area contributed by atoms with Crippen LogP contribution in [-0.2, 0) is 16.8 Å². The van der Waals surface area contributed by atoms with E-state index in [1.54, 1.807) is 37.4 Å². The van der Waals surface area contributed by atoms with Gasteiger partial charge in [-0.15, -0.1) is 0 Å². The third-order valence-corrected chi connectivity index (χ3v) is 6.80. The summed E-state index contributed by atoms with van der Waals surface area (Å²) in [5.74, 6) is -1.07. The van der Waals surface area contributed by atoms with Crippen LogP contribution in [0.1, 0.15) is 52.6 Å². The summed E-state index contributed by atoms with van der Waals surface area (Å²) >= 11 is 4.65. The molecule has 0 saturated heterocycles. The Balaban J connectivity index is 1.69. The Morgan fingerprint density at radius 2 is 1.66 bits per heavy atom. The average molecular weight is 468 g/mol. The molecular formula is C24H22ClN3O3S. The molecule has 1 aromatic heterocycles. The Morgan fingerprint density at radius 1 is 1.00 bits per heavy atom. The van der Waals surface area contributed by atoms with Gasteiger partial charge in [-0.25, -0.2) is 9.62 Å². The van der Waals surface area contributed by atoms with E-state index in [-0.39, 0.29) is 27.3 Å². The monoisotopic (exact) mass is 467 g/mol. The van der Waals surface area contributed by atoms with Crippen LogP contribution >= 0.6 is 11.6 Å². The van der Waals surface area contributed by atoms with Gasteiger partial charge in [0.05, 0.1) is 33.7 Å². The first kappa shape index (κ1) is 22.3. The number of amides is 2. The molecule has 4 rings (SSSR count). The number of halogens is 1. The van der Waals surface area contributed by atoms with E-state index < -0.39 is 23.2 Å². The van der Waals surface area contributed by atoms with Crippen LogP contribution in [0.15, 0.2) is 59.8 Å². The van der Waals surface area contributed by atoms with E-state index in [0.717, 1.165) is 16.0 Å². The van der Waals surface area contributed by atoms with E-state index in [9.17, 15) is 14.1 Å². The summed E-state index contributed by atoms with van der Waals surface area (Å²) in [5.41, 5.74) is 2.68. The Morgan fingerprint density at radius 3 is 2.28 bits per heavy atom. The number of benzene rings is 2. The maximum absolute atomic E-state index is 13.3. The van der Waals surface area contributed by atoms with Crippen LogP contribution in [0, 0.1) is 6.92 Å². The van der Waals surface area contributed by atoms with E-state index in [2.05, 4.69) is 30.5 Å². The zero-order valence-electron chi connectivity index (χ0n) is 18.1. The number of hydrogen-bond acceptors (Lipinski definition) is 5. The third-order valence-electron chi connectivity index (χ3n) is 5.38. The molecule has 1 N–H and O–H groups in total. The zero-order valence-corrected chi connectivity index (χ0v) is 19.7. The summed E-state index contributed by atoms with van der Waals surface area (Å²) in [7, 11) is 0. The summed E-state index contributed by atoms with van der Waals surface area (Å²) < 4.78 is 15.9. The normalized spacial score (nSPS) is 14.5. The number of hydrogen-bond donors (Lipinski definition) is 1. The molecule has 2 amide bonds. The predicted octanol–water partition coefficient (Wildman–Crippen LogP) is 5.28. The van der Waals surface area contributed by atoms with Crippen molar-refractivity contribution in [3.63, 3.8) is 0 Å². The molecule has 0 bridgehead atoms. The van der Waals surface area contributed by atoms with Crippen LogP contribution in [0.3, 0.4) is 0 Å². The number of rotatable bonds is 4. The van der Waals surface area contributed by atoms with Crippen LogP contribution in [0.4, 0.5) is 11.4 Å². The average Bonchev–Trinajstić information content (AvgIpc) is 3.01. The van der Waals surface area contributed by atoms with Gasteiger partial charge in [0, 0.05) is 6.20 Å². The highest BCUT2D eigenvalue weighted by atomic mass is 35.5. The lowest BCUT2D eigenvalue weighted by Gasteiger charge is -2.19. The van der Waals surface area contributed by atoms with Crippen LogP contribution in [0.5, 0.6) is 0 Å². The summed E-state index contributed by atoms with van der Waals surface area (Å²) in [6, 6.07) is 12.2. The van der Waals surface area contributed by atoms with Gasteiger partial charge in [0.25, 0.3) is 11.8 Å². The van der Waals surface area contributed by atoms with Crippen molar-refractivity contribution in [2.75, 3.05) is 9.62 Å². The molecule has 3 aromatic rings. The van der Waals surface area contributed by atoms with Gasteiger partial charge in [-0.05, 0) is 53.8 Å². The molecule has 0 radical (unpaired) electrons. The second-order valence-corrected chi connectivity index (χ2v) is 10.2. The second-order valence-electron chi connectivity index (χ2n) is 8.60. The van der Waals surface area contributed by atoms with E-state index in [1.807, 2.05) is 12.1 Å². The summed E-state index contributed by atoms with van der Waals surface area (Å²) in [6.07, 6.45) is 3.05. The molecule has 0 saturated carbocycles. The Kier molecular flexibility index (Phi) is 5.75. The fraction of sp³-hybridized carbons (Fsp3) is 0.208. The molecule has 0 spiro atoms. The summed E-state index contributed by atoms with van der Waals surface area (Å²) in [4.78, 5) is 32.0. The van der Waals surface area contributed by atoms with Gasteiger partial charge in [0.2, 0.25) is 0 Å². The number of fused-ring (bicyclic) bond motifs is 1. The number of aryl methyl sites for hydroxylation is 1. The van der Waals surface area contributed by atoms with E-state index >= 15 is 0 Å². The van der Waals surface area contributed by atoms with Crippen LogP contribution in [0.25, 0.3) is 0 Å². The number of carbonyl (C=O) groups excluding carboxylic acids is 2. The molecule has 0 aliphatic carbocycles. The highest BCUT2D eigenvalue weighted by Crippen LogP contribution is 2.38. The Hall–Kier alpha value is -2.87. The van der Waals surface area contributed by atoms with Crippen molar-refractivity contribution in [1.82, 2.24) is 4.98 Å². The lowest BCUT2D eigenvalue weighted by atomic mass is 9.87. The number of anilines is 2. The Labute approximate surface area is 194 Å². The molecule has 32 heavy (non-hydrogen) atoms. The minimum absolute atomic E-state index is 0.0227. The summed E-state index contributed by atoms with van der Waals surface area (Å²) in [5, 5.41) is 0.160. The molecule has 2 aromatic carbocycles. The fourth-order valence-corrected chi connectivity index (χ4v) is 4.66. The first-order chi connectivity index (χ1) is 15.1. The van der Waals surface area contributed by atoms with Crippen LogP contribution < -0.4 is 9.62 Å². The van der Waals surface area contributed by atoms with Crippen molar-refractivity contribution < 1.29 is 14.1 Å². The van der Waals surface area contributed by atoms with E-state index in [1.165, 1.54) is 12.3 Å². The van der Waals surface area contributed by atoms with Gasteiger partial charge in [0.1, 0.15) is 11.4 Å². The second kappa shape index (κ2) is 8.24. The lowest BCUT2D eigenvalue weighted by molar-refractivity contribution is 0.0926. The number of nitrogens with zero attached hydrogens (tertiary/aromatic N) is 2. The minimum atomic E-state index is -1.64. The van der Waals surface area contributed by atoms with Gasteiger partial charge in [-0.3, -0.25) is 14.6 Å². The Bertz CT molecular complexity index is 1220. The largest absolute Gasteiger partial charge is 0.588 e. The quantitative estimate of drug-likeness (QED) is 0.417. The topological polar surface area (TPSA) is 85.4 Å². The van der Waals surface area contributed by atoms with Crippen LogP contribution in [-0.4, -0.2) is 21.4 Å². The predicted molar refractivity (Wildman–Crippen MR) is 127 cm³/mol. The standard InChI is InChI=1S/C24H22ClN3O3S/c1-14-11-12-26-13-19(14)28-22(29)20-17(25)9-10-18(21(20)23(28)30)27-32(31)16-7-5-15(6-8-16)24(2,3)4/h5-13,27H,1-4H3/t32-/m0/s1. The summed E-state index contributed by atoms with van der Waals surface area (Å²) in [6.45, 7) is 8.10. The minimum Gasteiger partial charge on any atom is -0.588 e. The maximum atomic E-state index is 13.3.